The summed E-state index contributed by atoms with van der Waals surface area (Å²) in [7, 11) is 1.68. The fourth-order valence-electron chi connectivity index (χ4n) is 4.40. The number of carbonyl (C=O) groups is 1. The molecule has 0 aromatic heterocycles. The molecule has 0 aliphatic carbocycles. The van der Waals surface area contributed by atoms with E-state index in [1.807, 2.05) is 12.1 Å². The molecule has 154 valence electrons. The topological polar surface area (TPSA) is 50.8 Å². The molecule has 0 spiro atoms. The maximum Gasteiger partial charge on any atom is 0.222 e. The quantitative estimate of drug-likeness (QED) is 0.697. The summed E-state index contributed by atoms with van der Waals surface area (Å²) in [5.74, 6) is 1.14. The predicted molar refractivity (Wildman–Crippen MR) is 113 cm³/mol. The van der Waals surface area contributed by atoms with Crippen LogP contribution >= 0.6 is 0 Å². The lowest BCUT2D eigenvalue weighted by molar-refractivity contribution is -0.131. The molecule has 2 unspecified atom stereocenters. The van der Waals surface area contributed by atoms with Crippen molar-refractivity contribution in [2.75, 3.05) is 26.8 Å². The van der Waals surface area contributed by atoms with Gasteiger partial charge in [-0.25, -0.2) is 0 Å². The Morgan fingerprint density at radius 3 is 2.79 bits per heavy atom. The zero-order valence-electron chi connectivity index (χ0n) is 17.1. The number of nitrogens with one attached hydrogen (secondary N) is 1. The van der Waals surface area contributed by atoms with Gasteiger partial charge in [-0.15, -0.1) is 0 Å². The van der Waals surface area contributed by atoms with E-state index in [-0.39, 0.29) is 12.0 Å². The minimum atomic E-state index is -0.00300. The molecule has 2 atom stereocenters. The van der Waals surface area contributed by atoms with E-state index in [4.69, 9.17) is 9.47 Å². The Morgan fingerprint density at radius 2 is 1.97 bits per heavy atom. The smallest absolute Gasteiger partial charge is 0.222 e. The van der Waals surface area contributed by atoms with E-state index in [0.29, 0.717) is 19.0 Å². The lowest BCUT2D eigenvalue weighted by Crippen LogP contribution is -2.39. The van der Waals surface area contributed by atoms with Crippen molar-refractivity contribution in [1.29, 1.82) is 0 Å². The molecule has 1 N–H and O–H groups in total. The van der Waals surface area contributed by atoms with Crippen molar-refractivity contribution >= 4 is 5.91 Å². The second-order valence-corrected chi connectivity index (χ2v) is 7.86. The van der Waals surface area contributed by atoms with Crippen molar-refractivity contribution in [1.82, 2.24) is 10.2 Å². The molecule has 2 aromatic carbocycles. The average molecular weight is 395 g/mol. The zero-order chi connectivity index (χ0) is 20.1. The van der Waals surface area contributed by atoms with Gasteiger partial charge in [-0.1, -0.05) is 36.4 Å². The highest BCUT2D eigenvalue weighted by atomic mass is 16.5. The first-order valence-corrected chi connectivity index (χ1v) is 10.6. The molecule has 2 aromatic rings. The molecular weight excluding hydrogens is 364 g/mol. The molecule has 2 aliphatic heterocycles. The van der Waals surface area contributed by atoms with Gasteiger partial charge in [0.25, 0.3) is 0 Å². The molecule has 4 rings (SSSR count). The van der Waals surface area contributed by atoms with E-state index in [1.54, 1.807) is 7.11 Å². The van der Waals surface area contributed by atoms with E-state index in [9.17, 15) is 4.79 Å². The molecule has 1 fully saturated rings. The first-order chi connectivity index (χ1) is 14.2. The van der Waals surface area contributed by atoms with Crippen LogP contribution in [0, 0.1) is 0 Å². The molecular formula is C24H30N2O3. The van der Waals surface area contributed by atoms with Crippen LogP contribution in [0.15, 0.2) is 48.5 Å². The summed E-state index contributed by atoms with van der Waals surface area (Å²) in [6.45, 7) is 3.11. The lowest BCUT2D eigenvalue weighted by atomic mass is 9.97. The Morgan fingerprint density at radius 1 is 1.14 bits per heavy atom. The lowest BCUT2D eigenvalue weighted by Gasteiger charge is -2.32. The number of hydrogen-bond acceptors (Lipinski definition) is 4. The Balaban J connectivity index is 1.29. The van der Waals surface area contributed by atoms with Gasteiger partial charge in [0, 0.05) is 19.0 Å². The highest BCUT2D eigenvalue weighted by molar-refractivity contribution is 5.78. The summed E-state index contributed by atoms with van der Waals surface area (Å²) in [6.07, 6.45) is 3.52. The second kappa shape index (κ2) is 9.42. The van der Waals surface area contributed by atoms with Crippen molar-refractivity contribution in [3.05, 3.63) is 65.2 Å². The Bertz CT molecular complexity index is 821. The summed E-state index contributed by atoms with van der Waals surface area (Å²) in [5.41, 5.74) is 3.83. The van der Waals surface area contributed by atoms with Gasteiger partial charge in [-0.05, 0) is 54.6 Å². The maximum absolute atomic E-state index is 12.5. The van der Waals surface area contributed by atoms with Crippen molar-refractivity contribution in [3.8, 4) is 5.75 Å². The van der Waals surface area contributed by atoms with E-state index in [2.05, 4.69) is 46.6 Å². The van der Waals surface area contributed by atoms with Gasteiger partial charge in [0.2, 0.25) is 5.91 Å². The molecule has 0 bridgehead atoms. The number of fused-ring (bicyclic) bond motifs is 1. The third-order valence-corrected chi connectivity index (χ3v) is 6.05. The van der Waals surface area contributed by atoms with E-state index in [0.717, 1.165) is 44.7 Å². The average Bonchev–Trinajstić information content (AvgIpc) is 3.11. The summed E-state index contributed by atoms with van der Waals surface area (Å²) >= 11 is 0. The molecule has 29 heavy (non-hydrogen) atoms. The molecule has 0 radical (unpaired) electrons. The van der Waals surface area contributed by atoms with Crippen LogP contribution in [0.3, 0.4) is 0 Å². The predicted octanol–water partition coefficient (Wildman–Crippen LogP) is 3.48. The van der Waals surface area contributed by atoms with Gasteiger partial charge < -0.3 is 19.7 Å². The SMILES string of the molecule is COc1ccc(CNCCC2CCC(=O)N2CC2OCCc3ccccc32)cc1. The minimum Gasteiger partial charge on any atom is -0.497 e. The second-order valence-electron chi connectivity index (χ2n) is 7.86. The molecule has 1 saturated heterocycles. The minimum absolute atomic E-state index is 0.00300. The molecule has 0 saturated carbocycles. The summed E-state index contributed by atoms with van der Waals surface area (Å²) in [6, 6.07) is 16.9. The fourth-order valence-corrected chi connectivity index (χ4v) is 4.40. The summed E-state index contributed by atoms with van der Waals surface area (Å²) < 4.78 is 11.2. The first-order valence-electron chi connectivity index (χ1n) is 10.6. The molecule has 2 aliphatic rings. The maximum atomic E-state index is 12.5. The van der Waals surface area contributed by atoms with Crippen LogP contribution < -0.4 is 10.1 Å². The van der Waals surface area contributed by atoms with Crippen LogP contribution in [0.2, 0.25) is 0 Å². The van der Waals surface area contributed by atoms with Crippen LogP contribution in [0.1, 0.15) is 42.1 Å². The number of amides is 1. The highest BCUT2D eigenvalue weighted by Crippen LogP contribution is 2.31. The normalized spacial score (nSPS) is 21.3. The Kier molecular flexibility index (Phi) is 6.47. The van der Waals surface area contributed by atoms with Crippen LogP contribution in [-0.2, 0) is 22.5 Å². The number of rotatable bonds is 8. The first kappa shape index (κ1) is 19.9. The number of ether oxygens (including phenoxy) is 2. The van der Waals surface area contributed by atoms with Gasteiger partial charge in [0.1, 0.15) is 11.9 Å². The van der Waals surface area contributed by atoms with Crippen molar-refractivity contribution in [2.24, 2.45) is 0 Å². The summed E-state index contributed by atoms with van der Waals surface area (Å²) in [4.78, 5) is 14.6. The largest absolute Gasteiger partial charge is 0.497 e. The number of methoxy groups -OCH3 is 1. The van der Waals surface area contributed by atoms with Gasteiger partial charge in [-0.2, -0.15) is 0 Å². The van der Waals surface area contributed by atoms with Crippen molar-refractivity contribution < 1.29 is 14.3 Å². The number of nitrogens with zero attached hydrogens (tertiary/aromatic N) is 1. The van der Waals surface area contributed by atoms with E-state index in [1.165, 1.54) is 16.7 Å². The van der Waals surface area contributed by atoms with Crippen LogP contribution in [0.25, 0.3) is 0 Å². The molecule has 1 amide bonds. The Labute approximate surface area is 173 Å². The fraction of sp³-hybridized carbons (Fsp3) is 0.458. The molecule has 5 nitrogen and oxygen atoms in total. The van der Waals surface area contributed by atoms with Gasteiger partial charge in [0.05, 0.1) is 20.3 Å². The third kappa shape index (κ3) is 4.80. The van der Waals surface area contributed by atoms with E-state index < -0.39 is 0 Å². The Hall–Kier alpha value is -2.37. The standard InChI is InChI=1S/C24H30N2O3/c1-28-21-9-6-18(7-10-21)16-25-14-12-20-8-11-24(27)26(20)17-23-22-5-3-2-4-19(22)13-15-29-23/h2-7,9-10,20,23,25H,8,11-17H2,1H3. The van der Waals surface area contributed by atoms with Gasteiger partial charge in [0.15, 0.2) is 0 Å². The van der Waals surface area contributed by atoms with Crippen molar-refractivity contribution in [3.63, 3.8) is 0 Å². The van der Waals surface area contributed by atoms with Crippen molar-refractivity contribution in [2.45, 2.75) is 44.4 Å². The van der Waals surface area contributed by atoms with Gasteiger partial charge in [-0.3, -0.25) is 4.79 Å². The number of benzene rings is 2. The number of carbonyl (C=O) groups excluding carboxylic acids is 1. The van der Waals surface area contributed by atoms with E-state index >= 15 is 0 Å². The molecule has 2 heterocycles. The number of hydrogen-bond donors (Lipinski definition) is 1. The van der Waals surface area contributed by atoms with Crippen LogP contribution in [-0.4, -0.2) is 43.7 Å². The number of likely N-dealkylation sites (tertiary alicyclic amines) is 1. The third-order valence-electron chi connectivity index (χ3n) is 6.05. The van der Waals surface area contributed by atoms with Crippen LogP contribution in [0.5, 0.6) is 5.75 Å². The monoisotopic (exact) mass is 394 g/mol. The van der Waals surface area contributed by atoms with Gasteiger partial charge >= 0.3 is 0 Å². The molecule has 5 heteroatoms. The highest BCUT2D eigenvalue weighted by Gasteiger charge is 2.34. The summed E-state index contributed by atoms with van der Waals surface area (Å²) in [5, 5.41) is 3.51. The zero-order valence-corrected chi connectivity index (χ0v) is 17.1. The van der Waals surface area contributed by atoms with Crippen LogP contribution in [0.4, 0.5) is 0 Å².